The van der Waals surface area contributed by atoms with Gasteiger partial charge in [-0.05, 0) is 30.0 Å². The second-order valence-electron chi connectivity index (χ2n) is 3.67. The molecule has 1 aliphatic rings. The minimum Gasteiger partial charge on any atom is -0.396 e. The van der Waals surface area contributed by atoms with Crippen LogP contribution in [0.25, 0.3) is 0 Å². The van der Waals surface area contributed by atoms with E-state index in [9.17, 15) is 0 Å². The molecular weight excluding hydrogens is 242 g/mol. The minimum absolute atomic E-state index is 0.265. The molecule has 2 nitrogen and oxygen atoms in total. The maximum absolute atomic E-state index is 8.87. The van der Waals surface area contributed by atoms with Gasteiger partial charge in [-0.1, -0.05) is 28.1 Å². The Balaban J connectivity index is 2.18. The van der Waals surface area contributed by atoms with Gasteiger partial charge in [-0.15, -0.1) is 0 Å². The molecule has 0 spiro atoms. The molecule has 0 amide bonds. The van der Waals surface area contributed by atoms with E-state index in [-0.39, 0.29) is 6.61 Å². The van der Waals surface area contributed by atoms with E-state index in [0.717, 1.165) is 19.4 Å². The van der Waals surface area contributed by atoms with Crippen molar-refractivity contribution < 1.29 is 5.11 Å². The lowest BCUT2D eigenvalue weighted by Gasteiger charge is -2.26. The fourth-order valence-corrected chi connectivity index (χ4v) is 2.48. The first-order chi connectivity index (χ1) is 6.81. The van der Waals surface area contributed by atoms with Crippen LogP contribution in [0, 0.1) is 0 Å². The Bertz CT molecular complexity index is 327. The van der Waals surface area contributed by atoms with E-state index in [2.05, 4.69) is 39.4 Å². The van der Waals surface area contributed by atoms with Crippen molar-refractivity contribution in [2.75, 3.05) is 6.61 Å². The highest BCUT2D eigenvalue weighted by Crippen LogP contribution is 2.25. The summed E-state index contributed by atoms with van der Waals surface area (Å²) in [4.78, 5) is 0. The van der Waals surface area contributed by atoms with E-state index in [1.807, 2.05) is 0 Å². The van der Waals surface area contributed by atoms with Crippen LogP contribution in [0.2, 0.25) is 0 Å². The summed E-state index contributed by atoms with van der Waals surface area (Å²) >= 11 is 3.55. The molecule has 0 saturated carbocycles. The van der Waals surface area contributed by atoms with Gasteiger partial charge in [-0.25, -0.2) is 0 Å². The van der Waals surface area contributed by atoms with Gasteiger partial charge < -0.3 is 10.4 Å². The number of halogens is 1. The molecule has 2 rings (SSSR count). The van der Waals surface area contributed by atoms with E-state index in [1.54, 1.807) is 0 Å². The van der Waals surface area contributed by atoms with Crippen molar-refractivity contribution in [3.8, 4) is 0 Å². The molecule has 3 heteroatoms. The third kappa shape index (κ3) is 2.00. The van der Waals surface area contributed by atoms with Crippen LogP contribution in [0.3, 0.4) is 0 Å². The van der Waals surface area contributed by atoms with Gasteiger partial charge in [0.25, 0.3) is 0 Å². The van der Waals surface area contributed by atoms with Gasteiger partial charge in [-0.3, -0.25) is 0 Å². The monoisotopic (exact) mass is 255 g/mol. The molecule has 0 aliphatic carbocycles. The molecule has 0 radical (unpaired) electrons. The average molecular weight is 256 g/mol. The Morgan fingerprint density at radius 3 is 3.14 bits per heavy atom. The predicted molar refractivity (Wildman–Crippen MR) is 60.2 cm³/mol. The highest BCUT2D eigenvalue weighted by molar-refractivity contribution is 9.10. The summed E-state index contributed by atoms with van der Waals surface area (Å²) in [7, 11) is 0. The molecule has 0 fully saturated rings. The molecule has 1 aliphatic heterocycles. The summed E-state index contributed by atoms with van der Waals surface area (Å²) in [6.45, 7) is 1.17. The van der Waals surface area contributed by atoms with E-state index in [0.29, 0.717) is 6.04 Å². The van der Waals surface area contributed by atoms with Crippen LogP contribution in [0.5, 0.6) is 0 Å². The number of aliphatic hydroxyl groups excluding tert-OH is 1. The van der Waals surface area contributed by atoms with Crippen molar-refractivity contribution in [2.45, 2.75) is 25.4 Å². The standard InChI is InChI=1S/C11H14BrNO/c12-11-3-1-2-8-6-9(4-5-14)13-7-10(8)11/h1-3,9,13-14H,4-7H2. The third-order valence-corrected chi connectivity index (χ3v) is 3.47. The number of aliphatic hydroxyl groups is 1. The maximum Gasteiger partial charge on any atom is 0.0445 e. The Morgan fingerprint density at radius 1 is 1.50 bits per heavy atom. The summed E-state index contributed by atoms with van der Waals surface area (Å²) in [5.41, 5.74) is 2.76. The molecule has 0 aromatic heterocycles. The van der Waals surface area contributed by atoms with Crippen LogP contribution in [-0.4, -0.2) is 17.8 Å². The molecule has 1 aromatic carbocycles. The zero-order valence-corrected chi connectivity index (χ0v) is 9.55. The van der Waals surface area contributed by atoms with Crippen molar-refractivity contribution >= 4 is 15.9 Å². The minimum atomic E-state index is 0.265. The zero-order chi connectivity index (χ0) is 9.97. The molecule has 2 N–H and O–H groups in total. The summed E-state index contributed by atoms with van der Waals surface area (Å²) in [6.07, 6.45) is 1.86. The molecule has 14 heavy (non-hydrogen) atoms. The van der Waals surface area contributed by atoms with E-state index < -0.39 is 0 Å². The maximum atomic E-state index is 8.87. The summed E-state index contributed by atoms with van der Waals surface area (Å²) < 4.78 is 1.19. The van der Waals surface area contributed by atoms with Crippen molar-refractivity contribution in [1.82, 2.24) is 5.32 Å². The number of hydrogen-bond acceptors (Lipinski definition) is 2. The van der Waals surface area contributed by atoms with Crippen LogP contribution in [0.1, 0.15) is 17.5 Å². The molecule has 1 unspecified atom stereocenters. The van der Waals surface area contributed by atoms with Gasteiger partial charge >= 0.3 is 0 Å². The summed E-state index contributed by atoms with van der Waals surface area (Å²) in [6, 6.07) is 6.75. The number of nitrogens with one attached hydrogen (secondary N) is 1. The van der Waals surface area contributed by atoms with Gasteiger partial charge in [0.05, 0.1) is 0 Å². The molecule has 1 atom stereocenters. The Labute approximate surface area is 92.5 Å². The van der Waals surface area contributed by atoms with Crippen LogP contribution < -0.4 is 5.32 Å². The number of rotatable bonds is 2. The van der Waals surface area contributed by atoms with Crippen LogP contribution in [-0.2, 0) is 13.0 Å². The molecule has 1 heterocycles. The first-order valence-corrected chi connectivity index (χ1v) is 5.71. The lowest BCUT2D eigenvalue weighted by Crippen LogP contribution is -2.36. The predicted octanol–water partition coefficient (Wildman–Crippen LogP) is 1.85. The average Bonchev–Trinajstić information content (AvgIpc) is 2.18. The second-order valence-corrected chi connectivity index (χ2v) is 4.53. The molecular formula is C11H14BrNO. The van der Waals surface area contributed by atoms with Crippen LogP contribution >= 0.6 is 15.9 Å². The lowest BCUT2D eigenvalue weighted by atomic mass is 9.94. The fraction of sp³-hybridized carbons (Fsp3) is 0.455. The van der Waals surface area contributed by atoms with Crippen LogP contribution in [0.15, 0.2) is 22.7 Å². The highest BCUT2D eigenvalue weighted by atomic mass is 79.9. The molecule has 0 bridgehead atoms. The largest absolute Gasteiger partial charge is 0.396 e. The first kappa shape index (κ1) is 10.1. The highest BCUT2D eigenvalue weighted by Gasteiger charge is 2.18. The fourth-order valence-electron chi connectivity index (χ4n) is 1.94. The normalized spacial score (nSPS) is 20.6. The number of benzene rings is 1. The first-order valence-electron chi connectivity index (χ1n) is 4.92. The van der Waals surface area contributed by atoms with Crippen LogP contribution in [0.4, 0.5) is 0 Å². The summed E-state index contributed by atoms with van der Waals surface area (Å²) in [5.74, 6) is 0. The summed E-state index contributed by atoms with van der Waals surface area (Å²) in [5, 5.41) is 12.3. The molecule has 76 valence electrons. The van der Waals surface area contributed by atoms with Gasteiger partial charge in [0.15, 0.2) is 0 Å². The topological polar surface area (TPSA) is 32.3 Å². The Hall–Kier alpha value is -0.380. The quantitative estimate of drug-likeness (QED) is 0.846. The van der Waals surface area contributed by atoms with Gasteiger partial charge in [-0.2, -0.15) is 0 Å². The van der Waals surface area contributed by atoms with E-state index in [1.165, 1.54) is 15.6 Å². The van der Waals surface area contributed by atoms with Crippen molar-refractivity contribution in [3.05, 3.63) is 33.8 Å². The van der Waals surface area contributed by atoms with Crippen molar-refractivity contribution in [2.24, 2.45) is 0 Å². The molecule has 1 aromatic rings. The van der Waals surface area contributed by atoms with Gasteiger partial charge in [0.1, 0.15) is 0 Å². The third-order valence-electron chi connectivity index (χ3n) is 2.73. The number of hydrogen-bond donors (Lipinski definition) is 2. The zero-order valence-electron chi connectivity index (χ0n) is 7.96. The van der Waals surface area contributed by atoms with E-state index >= 15 is 0 Å². The van der Waals surface area contributed by atoms with Crippen molar-refractivity contribution in [1.29, 1.82) is 0 Å². The number of fused-ring (bicyclic) bond motifs is 1. The second kappa shape index (κ2) is 4.43. The molecule has 0 saturated heterocycles. The van der Waals surface area contributed by atoms with Gasteiger partial charge in [0.2, 0.25) is 0 Å². The smallest absolute Gasteiger partial charge is 0.0445 e. The van der Waals surface area contributed by atoms with E-state index in [4.69, 9.17) is 5.11 Å². The Morgan fingerprint density at radius 2 is 2.36 bits per heavy atom. The lowest BCUT2D eigenvalue weighted by molar-refractivity contribution is 0.260. The van der Waals surface area contributed by atoms with Crippen molar-refractivity contribution in [3.63, 3.8) is 0 Å². The Kier molecular flexibility index (Phi) is 3.21. The SMILES string of the molecule is OCCC1Cc2cccc(Br)c2CN1. The van der Waals surface area contributed by atoms with Gasteiger partial charge in [0, 0.05) is 23.7 Å².